The summed E-state index contributed by atoms with van der Waals surface area (Å²) in [7, 11) is 0. The van der Waals surface area contributed by atoms with Crippen LogP contribution < -0.4 is 5.32 Å². The lowest BCUT2D eigenvalue weighted by Crippen LogP contribution is -2.50. The van der Waals surface area contributed by atoms with Gasteiger partial charge in [-0.1, -0.05) is 0 Å². The van der Waals surface area contributed by atoms with E-state index in [0.29, 0.717) is 6.54 Å². The van der Waals surface area contributed by atoms with Gasteiger partial charge in [0.1, 0.15) is 5.76 Å². The lowest BCUT2D eigenvalue weighted by molar-refractivity contribution is -0.132. The summed E-state index contributed by atoms with van der Waals surface area (Å²) in [6.45, 7) is 6.53. The first-order chi connectivity index (χ1) is 11.7. The largest absolute Gasteiger partial charge is 0.468 e. The molecule has 0 spiro atoms. The van der Waals surface area contributed by atoms with Gasteiger partial charge >= 0.3 is 0 Å². The van der Waals surface area contributed by atoms with Crippen molar-refractivity contribution >= 4 is 5.91 Å². The number of piperazine rings is 1. The molecule has 128 valence electrons. The zero-order valence-electron chi connectivity index (χ0n) is 14.0. The average Bonchev–Trinajstić information content (AvgIpc) is 3.14. The van der Waals surface area contributed by atoms with Gasteiger partial charge in [0.15, 0.2) is 0 Å². The number of nitrogens with zero attached hydrogens (tertiary/aromatic N) is 3. The molecule has 0 unspecified atom stereocenters. The Morgan fingerprint density at radius 3 is 2.67 bits per heavy atom. The van der Waals surface area contributed by atoms with Crippen molar-refractivity contribution < 1.29 is 9.21 Å². The van der Waals surface area contributed by atoms with E-state index in [1.165, 1.54) is 0 Å². The topological polar surface area (TPSA) is 61.6 Å². The molecule has 24 heavy (non-hydrogen) atoms. The fourth-order valence-electron chi connectivity index (χ4n) is 2.90. The summed E-state index contributed by atoms with van der Waals surface area (Å²) in [6, 6.07) is 7.97. The summed E-state index contributed by atoms with van der Waals surface area (Å²) < 4.78 is 5.38. The number of hydrogen-bond acceptors (Lipinski definition) is 5. The lowest BCUT2D eigenvalue weighted by atomic mass is 10.1. The Bertz CT molecular complexity index is 622. The van der Waals surface area contributed by atoms with Gasteiger partial charge in [-0.05, 0) is 36.8 Å². The minimum Gasteiger partial charge on any atom is -0.468 e. The molecule has 2 aromatic heterocycles. The number of nitrogens with one attached hydrogen (secondary N) is 1. The van der Waals surface area contributed by atoms with Crippen molar-refractivity contribution in [1.82, 2.24) is 20.1 Å². The van der Waals surface area contributed by atoms with Crippen LogP contribution in [-0.2, 0) is 11.3 Å². The Morgan fingerprint density at radius 1 is 1.25 bits per heavy atom. The summed E-state index contributed by atoms with van der Waals surface area (Å²) in [5.74, 6) is 1.14. The third-order valence-corrected chi connectivity index (χ3v) is 4.45. The Hall–Kier alpha value is -2.18. The van der Waals surface area contributed by atoms with Crippen LogP contribution in [-0.4, -0.2) is 53.4 Å². The molecule has 1 atom stereocenters. The molecule has 0 radical (unpaired) electrons. The van der Waals surface area contributed by atoms with Crippen molar-refractivity contribution in [3.05, 3.63) is 54.2 Å². The second kappa shape index (κ2) is 8.08. The molecule has 1 amide bonds. The molecular formula is C18H24N4O2. The molecule has 1 saturated heterocycles. The Labute approximate surface area is 142 Å². The van der Waals surface area contributed by atoms with Crippen LogP contribution in [0.3, 0.4) is 0 Å². The molecule has 0 aromatic carbocycles. The SMILES string of the molecule is C[C@H](NCC(=O)N1CCN(Cc2ccco2)CC1)c1ccncc1. The number of amides is 1. The van der Waals surface area contributed by atoms with Crippen LogP contribution in [0.2, 0.25) is 0 Å². The zero-order valence-corrected chi connectivity index (χ0v) is 14.0. The summed E-state index contributed by atoms with van der Waals surface area (Å²) in [5.41, 5.74) is 1.14. The highest BCUT2D eigenvalue weighted by Crippen LogP contribution is 2.11. The summed E-state index contributed by atoms with van der Waals surface area (Å²) in [6.07, 6.45) is 5.24. The normalized spacial score (nSPS) is 17.0. The first kappa shape index (κ1) is 16.7. The highest BCUT2D eigenvalue weighted by Gasteiger charge is 2.21. The fourth-order valence-corrected chi connectivity index (χ4v) is 2.90. The van der Waals surface area contributed by atoms with E-state index in [-0.39, 0.29) is 11.9 Å². The van der Waals surface area contributed by atoms with Gasteiger partial charge in [-0.25, -0.2) is 0 Å². The van der Waals surface area contributed by atoms with Crippen LogP contribution in [0, 0.1) is 0 Å². The fraction of sp³-hybridized carbons (Fsp3) is 0.444. The predicted octanol–water partition coefficient (Wildman–Crippen LogP) is 1.67. The van der Waals surface area contributed by atoms with E-state index >= 15 is 0 Å². The second-order valence-corrected chi connectivity index (χ2v) is 6.12. The highest BCUT2D eigenvalue weighted by molar-refractivity contribution is 5.78. The number of hydrogen-bond donors (Lipinski definition) is 1. The van der Waals surface area contributed by atoms with Crippen LogP contribution in [0.25, 0.3) is 0 Å². The van der Waals surface area contributed by atoms with Crippen LogP contribution in [0.4, 0.5) is 0 Å². The van der Waals surface area contributed by atoms with E-state index < -0.39 is 0 Å². The number of rotatable bonds is 6. The van der Waals surface area contributed by atoms with Crippen LogP contribution >= 0.6 is 0 Å². The maximum absolute atomic E-state index is 12.4. The maximum Gasteiger partial charge on any atom is 0.236 e. The predicted molar refractivity (Wildman–Crippen MR) is 91.2 cm³/mol. The monoisotopic (exact) mass is 328 g/mol. The molecule has 6 nitrogen and oxygen atoms in total. The molecule has 1 fully saturated rings. The molecule has 0 saturated carbocycles. The van der Waals surface area contributed by atoms with E-state index in [4.69, 9.17) is 4.42 Å². The molecular weight excluding hydrogens is 304 g/mol. The van der Waals surface area contributed by atoms with Gasteiger partial charge in [-0.2, -0.15) is 0 Å². The van der Waals surface area contributed by atoms with E-state index in [2.05, 4.69) is 22.1 Å². The van der Waals surface area contributed by atoms with Gasteiger partial charge in [-0.3, -0.25) is 14.7 Å². The van der Waals surface area contributed by atoms with Gasteiger partial charge < -0.3 is 14.6 Å². The molecule has 2 aromatic rings. The third kappa shape index (κ3) is 4.43. The maximum atomic E-state index is 12.4. The number of pyridine rings is 1. The van der Waals surface area contributed by atoms with Crippen LogP contribution in [0.5, 0.6) is 0 Å². The van der Waals surface area contributed by atoms with E-state index in [9.17, 15) is 4.79 Å². The summed E-state index contributed by atoms with van der Waals surface area (Å²) >= 11 is 0. The zero-order chi connectivity index (χ0) is 16.8. The van der Waals surface area contributed by atoms with Crippen molar-refractivity contribution in [1.29, 1.82) is 0 Å². The van der Waals surface area contributed by atoms with Crippen molar-refractivity contribution in [2.45, 2.75) is 19.5 Å². The minimum atomic E-state index is 0.136. The van der Waals surface area contributed by atoms with Gasteiger partial charge in [0.25, 0.3) is 0 Å². The van der Waals surface area contributed by atoms with Gasteiger partial charge in [0, 0.05) is 44.6 Å². The Balaban J connectivity index is 1.40. The third-order valence-electron chi connectivity index (χ3n) is 4.45. The van der Waals surface area contributed by atoms with Crippen molar-refractivity contribution in [2.24, 2.45) is 0 Å². The Morgan fingerprint density at radius 2 is 2.00 bits per heavy atom. The Kier molecular flexibility index (Phi) is 5.61. The van der Waals surface area contributed by atoms with E-state index in [1.807, 2.05) is 29.2 Å². The second-order valence-electron chi connectivity index (χ2n) is 6.12. The van der Waals surface area contributed by atoms with E-state index in [1.54, 1.807) is 18.7 Å². The average molecular weight is 328 g/mol. The smallest absolute Gasteiger partial charge is 0.236 e. The first-order valence-electron chi connectivity index (χ1n) is 8.38. The number of carbonyl (C=O) groups is 1. The lowest BCUT2D eigenvalue weighted by Gasteiger charge is -2.34. The molecule has 0 bridgehead atoms. The van der Waals surface area contributed by atoms with Gasteiger partial charge in [-0.15, -0.1) is 0 Å². The van der Waals surface area contributed by atoms with Crippen LogP contribution in [0.1, 0.15) is 24.3 Å². The molecule has 1 N–H and O–H groups in total. The summed E-state index contributed by atoms with van der Waals surface area (Å²) in [4.78, 5) is 20.6. The van der Waals surface area contributed by atoms with E-state index in [0.717, 1.165) is 44.0 Å². The summed E-state index contributed by atoms with van der Waals surface area (Å²) in [5, 5.41) is 3.30. The molecule has 3 heterocycles. The van der Waals surface area contributed by atoms with Crippen molar-refractivity contribution in [3.63, 3.8) is 0 Å². The molecule has 3 rings (SSSR count). The number of aromatic nitrogens is 1. The quantitative estimate of drug-likeness (QED) is 0.874. The highest BCUT2D eigenvalue weighted by atomic mass is 16.3. The number of furan rings is 1. The van der Waals surface area contributed by atoms with Gasteiger partial charge in [0.2, 0.25) is 5.91 Å². The van der Waals surface area contributed by atoms with Crippen molar-refractivity contribution in [2.75, 3.05) is 32.7 Å². The van der Waals surface area contributed by atoms with Gasteiger partial charge in [0.05, 0.1) is 19.4 Å². The first-order valence-corrected chi connectivity index (χ1v) is 8.38. The standard InChI is InChI=1S/C18H24N4O2/c1-15(16-4-6-19-7-5-16)20-13-18(23)22-10-8-21(9-11-22)14-17-3-2-12-24-17/h2-7,12,15,20H,8-11,13-14H2,1H3/t15-/m0/s1. The molecule has 0 aliphatic carbocycles. The van der Waals surface area contributed by atoms with Crippen molar-refractivity contribution in [3.8, 4) is 0 Å². The molecule has 6 heteroatoms. The van der Waals surface area contributed by atoms with Crippen LogP contribution in [0.15, 0.2) is 47.3 Å². The molecule has 1 aliphatic heterocycles. The molecule has 1 aliphatic rings. The minimum absolute atomic E-state index is 0.136. The number of carbonyl (C=O) groups excluding carboxylic acids is 1.